The van der Waals surface area contributed by atoms with Crippen molar-refractivity contribution >= 4 is 10.9 Å². The summed E-state index contributed by atoms with van der Waals surface area (Å²) in [7, 11) is 2.15. The molecular formula is C25H25N3O. The smallest absolute Gasteiger partial charge is 0.255 e. The molecule has 1 aliphatic rings. The fourth-order valence-electron chi connectivity index (χ4n) is 4.34. The Bertz CT molecular complexity index is 1220. The number of aryl methyl sites for hydroxylation is 2. The third kappa shape index (κ3) is 3.52. The van der Waals surface area contributed by atoms with Crippen LogP contribution in [0.1, 0.15) is 22.4 Å². The maximum absolute atomic E-state index is 12.8. The Morgan fingerprint density at radius 2 is 1.79 bits per heavy atom. The summed E-state index contributed by atoms with van der Waals surface area (Å²) in [4.78, 5) is 18.7. The summed E-state index contributed by atoms with van der Waals surface area (Å²) >= 11 is 0. The van der Waals surface area contributed by atoms with Gasteiger partial charge in [0.25, 0.3) is 5.56 Å². The van der Waals surface area contributed by atoms with Gasteiger partial charge >= 0.3 is 0 Å². The first-order valence-corrected chi connectivity index (χ1v) is 10.3. The molecule has 1 N–H and O–H groups in total. The van der Waals surface area contributed by atoms with Gasteiger partial charge in [0.05, 0.1) is 5.69 Å². The molecule has 4 nitrogen and oxygen atoms in total. The average Bonchev–Trinajstić information content (AvgIpc) is 3.09. The van der Waals surface area contributed by atoms with Crippen molar-refractivity contribution in [2.45, 2.75) is 25.8 Å². The fraction of sp³-hybridized carbons (Fsp3) is 0.240. The molecule has 1 aliphatic heterocycles. The maximum Gasteiger partial charge on any atom is 0.255 e. The molecule has 2 aromatic heterocycles. The summed E-state index contributed by atoms with van der Waals surface area (Å²) in [5.41, 5.74) is 7.14. The van der Waals surface area contributed by atoms with Crippen molar-refractivity contribution in [1.82, 2.24) is 14.5 Å². The highest BCUT2D eigenvalue weighted by Crippen LogP contribution is 2.28. The first-order chi connectivity index (χ1) is 14.2. The van der Waals surface area contributed by atoms with Gasteiger partial charge in [0.2, 0.25) is 0 Å². The minimum absolute atomic E-state index is 0.0194. The number of aromatic amines is 1. The molecule has 0 saturated heterocycles. The Labute approximate surface area is 170 Å². The van der Waals surface area contributed by atoms with Crippen molar-refractivity contribution < 1.29 is 0 Å². The number of hydrogen-bond donors (Lipinski definition) is 1. The first kappa shape index (κ1) is 18.0. The van der Waals surface area contributed by atoms with Crippen LogP contribution in [0.15, 0.2) is 71.7 Å². The molecule has 0 atom stereocenters. The maximum atomic E-state index is 12.8. The van der Waals surface area contributed by atoms with Crippen molar-refractivity contribution in [2.75, 3.05) is 13.6 Å². The minimum atomic E-state index is 0.0194. The normalized spacial score (nSPS) is 14.2. The highest BCUT2D eigenvalue weighted by Gasteiger charge is 2.18. The third-order valence-electron chi connectivity index (χ3n) is 5.96. The predicted molar refractivity (Wildman–Crippen MR) is 118 cm³/mol. The zero-order valence-electron chi connectivity index (χ0n) is 16.7. The van der Waals surface area contributed by atoms with Gasteiger partial charge in [-0.1, -0.05) is 36.4 Å². The van der Waals surface area contributed by atoms with Crippen LogP contribution in [0.25, 0.3) is 16.6 Å². The van der Waals surface area contributed by atoms with Crippen molar-refractivity contribution in [3.05, 3.63) is 99.6 Å². The number of nitrogens with one attached hydrogen (secondary N) is 1. The monoisotopic (exact) mass is 383 g/mol. The van der Waals surface area contributed by atoms with Crippen LogP contribution in [-0.4, -0.2) is 28.0 Å². The largest absolute Gasteiger partial charge is 0.357 e. The van der Waals surface area contributed by atoms with E-state index in [2.05, 4.69) is 65.5 Å². The van der Waals surface area contributed by atoms with E-state index in [1.165, 1.54) is 22.2 Å². The molecule has 0 aliphatic carbocycles. The molecular weight excluding hydrogens is 358 g/mol. The second-order valence-electron chi connectivity index (χ2n) is 8.03. The van der Waals surface area contributed by atoms with Gasteiger partial charge in [-0.3, -0.25) is 9.36 Å². The zero-order chi connectivity index (χ0) is 19.8. The quantitative estimate of drug-likeness (QED) is 0.577. The lowest BCUT2D eigenvalue weighted by Crippen LogP contribution is -2.26. The number of pyridine rings is 1. The molecule has 0 spiro atoms. The highest BCUT2D eigenvalue weighted by molar-refractivity contribution is 5.86. The molecule has 146 valence electrons. The lowest BCUT2D eigenvalue weighted by Gasteiger charge is -2.22. The van der Waals surface area contributed by atoms with Crippen LogP contribution in [0.5, 0.6) is 0 Å². The molecule has 0 fully saturated rings. The van der Waals surface area contributed by atoms with Gasteiger partial charge in [-0.25, -0.2) is 0 Å². The molecule has 4 heteroatoms. The van der Waals surface area contributed by atoms with Gasteiger partial charge in [0.1, 0.15) is 0 Å². The fourth-order valence-corrected chi connectivity index (χ4v) is 4.34. The van der Waals surface area contributed by atoms with E-state index in [4.69, 9.17) is 0 Å². The van der Waals surface area contributed by atoms with Crippen LogP contribution in [0.2, 0.25) is 0 Å². The summed E-state index contributed by atoms with van der Waals surface area (Å²) in [5, 5.41) is 1.28. The SMILES string of the molecule is CN1CCc2c([nH]c3cc(-n4ccc(CCc5ccccc5)cc4=O)ccc23)C1. The van der Waals surface area contributed by atoms with Crippen LogP contribution in [0, 0.1) is 0 Å². The second kappa shape index (κ2) is 7.37. The molecule has 0 radical (unpaired) electrons. The Hall–Kier alpha value is -3.11. The van der Waals surface area contributed by atoms with E-state index >= 15 is 0 Å². The summed E-state index contributed by atoms with van der Waals surface area (Å²) < 4.78 is 1.73. The Balaban J connectivity index is 1.41. The topological polar surface area (TPSA) is 41.0 Å². The number of H-pyrrole nitrogens is 1. The van der Waals surface area contributed by atoms with E-state index in [1.807, 2.05) is 12.3 Å². The highest BCUT2D eigenvalue weighted by atomic mass is 16.1. The van der Waals surface area contributed by atoms with Crippen LogP contribution in [0.4, 0.5) is 0 Å². The molecule has 29 heavy (non-hydrogen) atoms. The summed E-state index contributed by atoms with van der Waals surface area (Å²) in [6.07, 6.45) is 4.79. The van der Waals surface area contributed by atoms with Gasteiger partial charge in [-0.05, 0) is 61.2 Å². The van der Waals surface area contributed by atoms with E-state index in [0.29, 0.717) is 0 Å². The summed E-state index contributed by atoms with van der Waals surface area (Å²) in [6.45, 7) is 2.04. The van der Waals surface area contributed by atoms with Crippen molar-refractivity contribution in [3.8, 4) is 5.69 Å². The molecule has 0 unspecified atom stereocenters. The van der Waals surface area contributed by atoms with Crippen LogP contribution < -0.4 is 5.56 Å². The first-order valence-electron chi connectivity index (χ1n) is 10.3. The molecule has 0 amide bonds. The Morgan fingerprint density at radius 3 is 2.62 bits per heavy atom. The van der Waals surface area contributed by atoms with Crippen LogP contribution in [0.3, 0.4) is 0 Å². The Kier molecular flexibility index (Phi) is 4.57. The standard InChI is InChI=1S/C25H25N3O/c1-27-13-12-22-21-10-9-20(16-23(21)26-24(22)17-27)28-14-11-19(15-25(28)29)8-7-18-5-3-2-4-6-18/h2-6,9-11,14-16,26H,7-8,12-13,17H2,1H3. The minimum Gasteiger partial charge on any atom is -0.357 e. The lowest BCUT2D eigenvalue weighted by molar-refractivity contribution is 0.310. The van der Waals surface area contributed by atoms with E-state index < -0.39 is 0 Å². The number of likely N-dealkylation sites (N-methyl/N-ethyl adjacent to an activating group) is 1. The average molecular weight is 383 g/mol. The van der Waals surface area contributed by atoms with E-state index in [1.54, 1.807) is 10.6 Å². The van der Waals surface area contributed by atoms with Gasteiger partial charge in [0.15, 0.2) is 0 Å². The van der Waals surface area contributed by atoms with Crippen LogP contribution >= 0.6 is 0 Å². The van der Waals surface area contributed by atoms with Crippen LogP contribution in [-0.2, 0) is 25.8 Å². The number of rotatable bonds is 4. The lowest BCUT2D eigenvalue weighted by atomic mass is 10.0. The molecule has 5 rings (SSSR count). The number of aromatic nitrogens is 2. The molecule has 0 saturated carbocycles. The zero-order valence-corrected chi connectivity index (χ0v) is 16.7. The number of nitrogens with zero attached hydrogens (tertiary/aromatic N) is 2. The van der Waals surface area contributed by atoms with Gasteiger partial charge in [-0.2, -0.15) is 0 Å². The number of hydrogen-bond acceptors (Lipinski definition) is 2. The number of benzene rings is 2. The van der Waals surface area contributed by atoms with E-state index in [-0.39, 0.29) is 5.56 Å². The van der Waals surface area contributed by atoms with Gasteiger partial charge in [-0.15, -0.1) is 0 Å². The molecule has 0 bridgehead atoms. The van der Waals surface area contributed by atoms with Crippen molar-refractivity contribution in [1.29, 1.82) is 0 Å². The van der Waals surface area contributed by atoms with Crippen molar-refractivity contribution in [2.24, 2.45) is 0 Å². The molecule has 3 heterocycles. The van der Waals surface area contributed by atoms with Crippen molar-refractivity contribution in [3.63, 3.8) is 0 Å². The van der Waals surface area contributed by atoms with E-state index in [9.17, 15) is 4.79 Å². The van der Waals surface area contributed by atoms with Gasteiger partial charge < -0.3 is 9.88 Å². The summed E-state index contributed by atoms with van der Waals surface area (Å²) in [5.74, 6) is 0. The molecule has 2 aromatic carbocycles. The summed E-state index contributed by atoms with van der Waals surface area (Å²) in [6, 6.07) is 20.5. The second-order valence-corrected chi connectivity index (χ2v) is 8.03. The molecule has 4 aromatic rings. The Morgan fingerprint density at radius 1 is 0.966 bits per heavy atom. The van der Waals surface area contributed by atoms with E-state index in [0.717, 1.165) is 49.1 Å². The number of fused-ring (bicyclic) bond motifs is 3. The third-order valence-corrected chi connectivity index (χ3v) is 5.96. The predicted octanol–water partition coefficient (Wildman–Crippen LogP) is 4.09. The van der Waals surface area contributed by atoms with Gasteiger partial charge in [0, 0.05) is 41.9 Å².